The molecule has 15 rings (SSSR count). The Morgan fingerprint density at radius 3 is 1.07 bits per heavy atom. The molecule has 5 heteroatoms. The monoisotopic (exact) mass is 941 g/mol. The highest BCUT2D eigenvalue weighted by Crippen LogP contribution is 2.49. The van der Waals surface area contributed by atoms with Crippen LogP contribution in [0.5, 0.6) is 0 Å². The molecule has 0 bridgehead atoms. The van der Waals surface area contributed by atoms with Crippen molar-refractivity contribution in [2.75, 3.05) is 9.80 Å². The van der Waals surface area contributed by atoms with Crippen LogP contribution >= 0.6 is 0 Å². The summed E-state index contributed by atoms with van der Waals surface area (Å²) in [6.07, 6.45) is 0. The van der Waals surface area contributed by atoms with Crippen molar-refractivity contribution in [1.82, 2.24) is 4.98 Å². The zero-order chi connectivity index (χ0) is 48.7. The zero-order valence-electron chi connectivity index (χ0n) is 40.2. The normalized spacial score (nSPS) is 12.5. The Hall–Kier alpha value is -9.71. The molecule has 2 aliphatic heterocycles. The molecule has 1 aromatic heterocycles. The van der Waals surface area contributed by atoms with E-state index in [-0.39, 0.29) is 6.71 Å². The molecule has 0 unspecified atom stereocenters. The summed E-state index contributed by atoms with van der Waals surface area (Å²) in [4.78, 5) is 10.3. The fourth-order valence-corrected chi connectivity index (χ4v) is 11.7. The lowest BCUT2D eigenvalue weighted by Gasteiger charge is -2.45. The van der Waals surface area contributed by atoms with Gasteiger partial charge in [-0.2, -0.15) is 0 Å². The molecule has 0 spiro atoms. The molecule has 74 heavy (non-hydrogen) atoms. The van der Waals surface area contributed by atoms with Gasteiger partial charge >= 0.3 is 0 Å². The van der Waals surface area contributed by atoms with Gasteiger partial charge in [-0.05, 0) is 155 Å². The SMILES string of the molecule is c1ccc(-c2cc(-c3ccccc3)cc(N3c4cc5ccccc5cc4B4c5cc6ccccc6cc5N(c5cc(-c6ccccc6)cc(-c6ccccc6)c5)c5cc(-c6nc7ccccc7o6)cc3c54)c2)cc1. The summed E-state index contributed by atoms with van der Waals surface area (Å²) in [5.74, 6) is 0.571. The largest absolute Gasteiger partial charge is 0.436 e. The first-order valence-corrected chi connectivity index (χ1v) is 25.4. The third kappa shape index (κ3) is 6.97. The van der Waals surface area contributed by atoms with Crippen molar-refractivity contribution in [2.24, 2.45) is 0 Å². The summed E-state index contributed by atoms with van der Waals surface area (Å²) in [7, 11) is 0. The van der Waals surface area contributed by atoms with Crippen LogP contribution in [0.2, 0.25) is 0 Å². The summed E-state index contributed by atoms with van der Waals surface area (Å²) in [5, 5.41) is 4.77. The van der Waals surface area contributed by atoms with Gasteiger partial charge in [0, 0.05) is 39.7 Å². The molecule has 2 aliphatic rings. The van der Waals surface area contributed by atoms with E-state index in [9.17, 15) is 0 Å². The molecule has 0 saturated heterocycles. The highest BCUT2D eigenvalue weighted by atomic mass is 16.3. The van der Waals surface area contributed by atoms with E-state index in [0.717, 1.165) is 95.3 Å². The van der Waals surface area contributed by atoms with Crippen LogP contribution in [-0.2, 0) is 0 Å². The second-order valence-electron chi connectivity index (χ2n) is 19.5. The van der Waals surface area contributed by atoms with Crippen molar-refractivity contribution in [3.8, 4) is 56.0 Å². The van der Waals surface area contributed by atoms with E-state index in [1.54, 1.807) is 0 Å². The maximum atomic E-state index is 6.79. The highest BCUT2D eigenvalue weighted by molar-refractivity contribution is 7.00. The Morgan fingerprint density at radius 2 is 0.662 bits per heavy atom. The van der Waals surface area contributed by atoms with E-state index in [2.05, 4.69) is 252 Å². The number of rotatable bonds is 7. The van der Waals surface area contributed by atoms with Crippen LogP contribution in [0, 0.1) is 0 Å². The van der Waals surface area contributed by atoms with Gasteiger partial charge in [0.25, 0.3) is 6.71 Å². The predicted octanol–water partition coefficient (Wildman–Crippen LogP) is 16.6. The molecular formula is C69H44BN3O. The minimum atomic E-state index is -0.138. The molecule has 13 aromatic rings. The van der Waals surface area contributed by atoms with E-state index in [1.807, 2.05) is 24.3 Å². The number of nitrogens with zero attached hydrogens (tertiary/aromatic N) is 3. The lowest BCUT2D eigenvalue weighted by Crippen LogP contribution is -2.61. The molecule has 0 saturated carbocycles. The molecule has 0 atom stereocenters. The van der Waals surface area contributed by atoms with E-state index < -0.39 is 0 Å². The maximum absolute atomic E-state index is 6.79. The summed E-state index contributed by atoms with van der Waals surface area (Å²) in [6, 6.07) is 97.3. The Labute approximate surface area is 429 Å². The van der Waals surface area contributed by atoms with Crippen molar-refractivity contribution in [3.63, 3.8) is 0 Å². The van der Waals surface area contributed by atoms with Gasteiger partial charge in [-0.3, -0.25) is 0 Å². The van der Waals surface area contributed by atoms with Crippen LogP contribution in [0.15, 0.2) is 271 Å². The number of para-hydroxylation sites is 2. The van der Waals surface area contributed by atoms with Crippen LogP contribution in [0.1, 0.15) is 0 Å². The smallest absolute Gasteiger partial charge is 0.252 e. The number of fused-ring (bicyclic) bond motifs is 7. The fourth-order valence-electron chi connectivity index (χ4n) is 11.7. The van der Waals surface area contributed by atoms with Crippen LogP contribution < -0.4 is 26.2 Å². The van der Waals surface area contributed by atoms with Crippen LogP contribution in [0.4, 0.5) is 34.1 Å². The molecule has 0 radical (unpaired) electrons. The Morgan fingerprint density at radius 1 is 0.297 bits per heavy atom. The van der Waals surface area contributed by atoms with Crippen LogP contribution in [0.25, 0.3) is 88.6 Å². The van der Waals surface area contributed by atoms with Crippen LogP contribution in [-0.4, -0.2) is 11.7 Å². The third-order valence-corrected chi connectivity index (χ3v) is 15.1. The maximum Gasteiger partial charge on any atom is 0.252 e. The summed E-state index contributed by atoms with van der Waals surface area (Å²) >= 11 is 0. The number of hydrogen-bond acceptors (Lipinski definition) is 4. The Balaban J connectivity index is 1.09. The second-order valence-corrected chi connectivity index (χ2v) is 19.5. The number of anilines is 6. The average molecular weight is 942 g/mol. The van der Waals surface area contributed by atoms with Gasteiger partial charge < -0.3 is 14.2 Å². The lowest BCUT2D eigenvalue weighted by molar-refractivity contribution is 0.620. The van der Waals surface area contributed by atoms with Crippen molar-refractivity contribution >= 4 is 89.9 Å². The van der Waals surface area contributed by atoms with Gasteiger partial charge in [-0.15, -0.1) is 0 Å². The number of hydrogen-bond donors (Lipinski definition) is 0. The van der Waals surface area contributed by atoms with E-state index in [1.165, 1.54) is 37.9 Å². The van der Waals surface area contributed by atoms with E-state index in [0.29, 0.717) is 5.89 Å². The fraction of sp³-hybridized carbons (Fsp3) is 0. The zero-order valence-corrected chi connectivity index (χ0v) is 40.2. The predicted molar refractivity (Wildman–Crippen MR) is 310 cm³/mol. The molecule has 0 N–H and O–H groups in total. The van der Waals surface area contributed by atoms with Gasteiger partial charge in [-0.25, -0.2) is 4.98 Å². The molecule has 0 aliphatic carbocycles. The molecule has 344 valence electrons. The van der Waals surface area contributed by atoms with Gasteiger partial charge in [0.05, 0.1) is 0 Å². The third-order valence-electron chi connectivity index (χ3n) is 15.1. The average Bonchev–Trinajstić information content (AvgIpc) is 3.97. The van der Waals surface area contributed by atoms with Gasteiger partial charge in [0.15, 0.2) is 5.58 Å². The molecule has 0 amide bonds. The van der Waals surface area contributed by atoms with Crippen molar-refractivity contribution < 1.29 is 4.42 Å². The highest BCUT2D eigenvalue weighted by Gasteiger charge is 2.44. The molecule has 3 heterocycles. The lowest BCUT2D eigenvalue weighted by atomic mass is 9.33. The van der Waals surface area contributed by atoms with Crippen molar-refractivity contribution in [3.05, 3.63) is 267 Å². The van der Waals surface area contributed by atoms with Crippen molar-refractivity contribution in [2.45, 2.75) is 0 Å². The van der Waals surface area contributed by atoms with Gasteiger partial charge in [0.1, 0.15) is 5.52 Å². The Kier molecular flexibility index (Phi) is 9.64. The molecule has 4 nitrogen and oxygen atoms in total. The summed E-state index contributed by atoms with van der Waals surface area (Å²) in [5.41, 5.74) is 21.9. The van der Waals surface area contributed by atoms with Crippen LogP contribution in [0.3, 0.4) is 0 Å². The first-order valence-electron chi connectivity index (χ1n) is 25.4. The summed E-state index contributed by atoms with van der Waals surface area (Å²) < 4.78 is 6.79. The van der Waals surface area contributed by atoms with E-state index in [4.69, 9.17) is 9.40 Å². The Bertz CT molecular complexity index is 3940. The standard InChI is InChI=1S/C69H44BN3O/c1-5-19-45(20-6-1)53-33-54(46-21-7-2-8-22-46)36-58(35-53)72-63-41-51-29-15-13-27-49(51)39-60(63)70-61-40-50-28-14-16-30-52(50)42-64(61)73(66-44-57(43-65(72)68(66)70)69-71-62-31-17-18-32-67(62)74-69)59-37-55(47-23-9-3-10-24-47)34-56(38-59)48-25-11-4-12-26-48/h1-44H. The van der Waals surface area contributed by atoms with Gasteiger partial charge in [-0.1, -0.05) is 194 Å². The van der Waals surface area contributed by atoms with Gasteiger partial charge in [0.2, 0.25) is 5.89 Å². The minimum absolute atomic E-state index is 0.138. The minimum Gasteiger partial charge on any atom is -0.436 e. The molecule has 12 aromatic carbocycles. The molecular weight excluding hydrogens is 898 g/mol. The summed E-state index contributed by atoms with van der Waals surface area (Å²) in [6.45, 7) is -0.138. The van der Waals surface area contributed by atoms with Crippen molar-refractivity contribution in [1.29, 1.82) is 0 Å². The number of aromatic nitrogens is 1. The second kappa shape index (κ2) is 17.0. The first-order chi connectivity index (χ1) is 36.6. The number of oxazole rings is 1. The first kappa shape index (κ1) is 42.0. The topological polar surface area (TPSA) is 32.5 Å². The quantitative estimate of drug-likeness (QED) is 0.149. The number of benzene rings is 12. The molecule has 0 fully saturated rings. The van der Waals surface area contributed by atoms with E-state index >= 15 is 0 Å².